The summed E-state index contributed by atoms with van der Waals surface area (Å²) in [5.74, 6) is 1.94. The van der Waals surface area contributed by atoms with Crippen LogP contribution in [0.5, 0.6) is 11.6 Å². The van der Waals surface area contributed by atoms with E-state index in [1.807, 2.05) is 72.8 Å². The van der Waals surface area contributed by atoms with Crippen molar-refractivity contribution in [3.05, 3.63) is 96.8 Å². The van der Waals surface area contributed by atoms with Gasteiger partial charge in [-0.1, -0.05) is 18.2 Å². The second kappa shape index (κ2) is 8.02. The maximum atomic E-state index is 9.14. The van der Waals surface area contributed by atoms with Crippen molar-refractivity contribution in [2.24, 2.45) is 0 Å². The van der Waals surface area contributed by atoms with Crippen LogP contribution in [0.25, 0.3) is 11.1 Å². The SMILES string of the molecule is N#Cc1cccc(-c2cccnc2Oc2ccc(Nc3ccccn3)cc2)c1. The molecular formula is C23H16N4O. The van der Waals surface area contributed by atoms with Gasteiger partial charge in [0.25, 0.3) is 0 Å². The number of ether oxygens (including phenoxy) is 1. The number of anilines is 2. The molecule has 0 saturated carbocycles. The Morgan fingerprint density at radius 2 is 1.68 bits per heavy atom. The molecule has 5 heteroatoms. The Balaban J connectivity index is 1.56. The standard InChI is InChI=1S/C23H16N4O/c24-16-17-5-3-6-18(15-17)21-7-4-14-26-23(21)28-20-11-9-19(10-12-20)27-22-8-1-2-13-25-22/h1-15H,(H,25,27). The number of pyridine rings is 2. The van der Waals surface area contributed by atoms with Gasteiger partial charge < -0.3 is 10.1 Å². The van der Waals surface area contributed by atoms with Crippen LogP contribution in [0.4, 0.5) is 11.5 Å². The lowest BCUT2D eigenvalue weighted by Gasteiger charge is -2.11. The zero-order valence-corrected chi connectivity index (χ0v) is 14.9. The number of rotatable bonds is 5. The molecule has 0 atom stereocenters. The van der Waals surface area contributed by atoms with Crippen LogP contribution in [0, 0.1) is 11.3 Å². The van der Waals surface area contributed by atoms with Crippen molar-refractivity contribution in [1.82, 2.24) is 9.97 Å². The van der Waals surface area contributed by atoms with Gasteiger partial charge in [-0.25, -0.2) is 9.97 Å². The summed E-state index contributed by atoms with van der Waals surface area (Å²) in [6.07, 6.45) is 3.42. The quantitative estimate of drug-likeness (QED) is 0.502. The molecule has 5 nitrogen and oxygen atoms in total. The maximum Gasteiger partial charge on any atom is 0.227 e. The van der Waals surface area contributed by atoms with Crippen LogP contribution >= 0.6 is 0 Å². The number of nitriles is 1. The molecule has 0 fully saturated rings. The predicted molar refractivity (Wildman–Crippen MR) is 108 cm³/mol. The zero-order valence-electron chi connectivity index (χ0n) is 14.9. The summed E-state index contributed by atoms with van der Waals surface area (Å²) in [7, 11) is 0. The average molecular weight is 364 g/mol. The van der Waals surface area contributed by atoms with E-state index in [0.29, 0.717) is 17.2 Å². The number of hydrogen-bond donors (Lipinski definition) is 1. The Bertz CT molecular complexity index is 1120. The third kappa shape index (κ3) is 3.97. The molecule has 2 aromatic heterocycles. The van der Waals surface area contributed by atoms with E-state index in [-0.39, 0.29) is 0 Å². The summed E-state index contributed by atoms with van der Waals surface area (Å²) < 4.78 is 6.01. The van der Waals surface area contributed by atoms with E-state index in [1.54, 1.807) is 18.5 Å². The topological polar surface area (TPSA) is 70.8 Å². The van der Waals surface area contributed by atoms with Crippen LogP contribution in [-0.2, 0) is 0 Å². The Morgan fingerprint density at radius 1 is 0.821 bits per heavy atom. The van der Waals surface area contributed by atoms with Crippen molar-refractivity contribution in [2.45, 2.75) is 0 Å². The van der Waals surface area contributed by atoms with E-state index in [0.717, 1.165) is 22.6 Å². The van der Waals surface area contributed by atoms with Gasteiger partial charge >= 0.3 is 0 Å². The first-order chi connectivity index (χ1) is 13.8. The molecule has 0 aliphatic carbocycles. The minimum atomic E-state index is 0.489. The molecule has 1 N–H and O–H groups in total. The molecule has 0 amide bonds. The van der Waals surface area contributed by atoms with Gasteiger partial charge in [0.2, 0.25) is 5.88 Å². The molecule has 4 aromatic rings. The molecular weight excluding hydrogens is 348 g/mol. The van der Waals surface area contributed by atoms with Crippen molar-refractivity contribution in [2.75, 3.05) is 5.32 Å². The van der Waals surface area contributed by atoms with E-state index in [9.17, 15) is 0 Å². The molecule has 0 radical (unpaired) electrons. The lowest BCUT2D eigenvalue weighted by atomic mass is 10.0. The smallest absolute Gasteiger partial charge is 0.227 e. The monoisotopic (exact) mass is 364 g/mol. The molecule has 0 bridgehead atoms. The first-order valence-corrected chi connectivity index (χ1v) is 8.73. The summed E-state index contributed by atoms with van der Waals surface area (Å²) in [5.41, 5.74) is 3.22. The molecule has 28 heavy (non-hydrogen) atoms. The number of benzene rings is 2. The molecule has 0 saturated heterocycles. The van der Waals surface area contributed by atoms with Crippen molar-refractivity contribution in [1.29, 1.82) is 5.26 Å². The summed E-state index contributed by atoms with van der Waals surface area (Å²) >= 11 is 0. The van der Waals surface area contributed by atoms with E-state index >= 15 is 0 Å². The highest BCUT2D eigenvalue weighted by atomic mass is 16.5. The Kier molecular flexibility index (Phi) is 4.94. The fourth-order valence-electron chi connectivity index (χ4n) is 2.75. The third-order valence-electron chi connectivity index (χ3n) is 4.08. The molecule has 4 rings (SSSR count). The summed E-state index contributed by atoms with van der Waals surface area (Å²) in [6.45, 7) is 0. The number of aromatic nitrogens is 2. The summed E-state index contributed by atoms with van der Waals surface area (Å²) in [5, 5.41) is 12.4. The van der Waals surface area contributed by atoms with Gasteiger partial charge in [-0.2, -0.15) is 5.26 Å². The van der Waals surface area contributed by atoms with Crippen molar-refractivity contribution >= 4 is 11.5 Å². The van der Waals surface area contributed by atoms with E-state index in [4.69, 9.17) is 10.00 Å². The van der Waals surface area contributed by atoms with Crippen LogP contribution in [0.3, 0.4) is 0 Å². The highest BCUT2D eigenvalue weighted by molar-refractivity contribution is 5.70. The number of nitrogens with zero attached hydrogens (tertiary/aromatic N) is 3. The minimum absolute atomic E-state index is 0.489. The van der Waals surface area contributed by atoms with E-state index < -0.39 is 0 Å². The van der Waals surface area contributed by atoms with Crippen LogP contribution < -0.4 is 10.1 Å². The second-order valence-electron chi connectivity index (χ2n) is 6.02. The van der Waals surface area contributed by atoms with Crippen LogP contribution in [0.1, 0.15) is 5.56 Å². The van der Waals surface area contributed by atoms with Crippen molar-refractivity contribution in [3.63, 3.8) is 0 Å². The summed E-state index contributed by atoms with van der Waals surface area (Å²) in [6, 6.07) is 26.6. The van der Waals surface area contributed by atoms with Crippen molar-refractivity contribution < 1.29 is 4.74 Å². The fourth-order valence-corrected chi connectivity index (χ4v) is 2.75. The molecule has 2 heterocycles. The molecule has 2 aromatic carbocycles. The average Bonchev–Trinajstić information content (AvgIpc) is 2.76. The normalized spacial score (nSPS) is 10.1. The number of hydrogen-bond acceptors (Lipinski definition) is 5. The lowest BCUT2D eigenvalue weighted by Crippen LogP contribution is -1.94. The van der Waals surface area contributed by atoms with Gasteiger partial charge in [0.05, 0.1) is 11.6 Å². The highest BCUT2D eigenvalue weighted by Crippen LogP contribution is 2.32. The Labute approximate surface area is 162 Å². The minimum Gasteiger partial charge on any atom is -0.438 e. The molecule has 0 unspecified atom stereocenters. The molecule has 134 valence electrons. The first kappa shape index (κ1) is 17.3. The molecule has 0 spiro atoms. The van der Waals surface area contributed by atoms with E-state index in [1.165, 1.54) is 0 Å². The van der Waals surface area contributed by atoms with Gasteiger partial charge in [-0.15, -0.1) is 0 Å². The van der Waals surface area contributed by atoms with Gasteiger partial charge in [-0.3, -0.25) is 0 Å². The van der Waals surface area contributed by atoms with Gasteiger partial charge in [0.1, 0.15) is 11.6 Å². The third-order valence-corrected chi connectivity index (χ3v) is 4.08. The van der Waals surface area contributed by atoms with Crippen LogP contribution in [0.2, 0.25) is 0 Å². The maximum absolute atomic E-state index is 9.14. The van der Waals surface area contributed by atoms with E-state index in [2.05, 4.69) is 21.4 Å². The molecule has 0 aliphatic rings. The first-order valence-electron chi connectivity index (χ1n) is 8.73. The number of nitrogens with one attached hydrogen (secondary N) is 1. The summed E-state index contributed by atoms with van der Waals surface area (Å²) in [4.78, 5) is 8.61. The largest absolute Gasteiger partial charge is 0.438 e. The van der Waals surface area contributed by atoms with Gasteiger partial charge in [0.15, 0.2) is 0 Å². The zero-order chi connectivity index (χ0) is 19.2. The highest BCUT2D eigenvalue weighted by Gasteiger charge is 2.09. The van der Waals surface area contributed by atoms with Crippen LogP contribution in [0.15, 0.2) is 91.3 Å². The Morgan fingerprint density at radius 3 is 2.46 bits per heavy atom. The Hall–Kier alpha value is -4.17. The predicted octanol–water partition coefficient (Wildman–Crippen LogP) is 5.55. The molecule has 0 aliphatic heterocycles. The second-order valence-corrected chi connectivity index (χ2v) is 6.02. The lowest BCUT2D eigenvalue weighted by molar-refractivity contribution is 0.465. The van der Waals surface area contributed by atoms with Gasteiger partial charge in [0, 0.05) is 23.6 Å². The fraction of sp³-hybridized carbons (Fsp3) is 0. The van der Waals surface area contributed by atoms with Crippen LogP contribution in [-0.4, -0.2) is 9.97 Å². The van der Waals surface area contributed by atoms with Crippen molar-refractivity contribution in [3.8, 4) is 28.8 Å². The van der Waals surface area contributed by atoms with Gasteiger partial charge in [-0.05, 0) is 66.2 Å².